The standard InChI is InChI=1S/C25H31FN4O5S/c1-25(2,3)35-24(31)27-14-16-5-7-17(8-6-16)30-12-11-19-22(30)28-15-29-23(19)34-21-10-9-18(13-20(21)26)36(4,32)33/h9-13,15-17H,5-8,14H2,1-4H3,(H,27,31). The van der Waals surface area contributed by atoms with Crippen molar-refractivity contribution in [3.8, 4) is 11.6 Å². The molecule has 0 radical (unpaired) electrons. The molecule has 2 aromatic heterocycles. The Hall–Kier alpha value is -3.21. The number of aromatic nitrogens is 3. The molecular formula is C25H31FN4O5S. The molecule has 1 fully saturated rings. The van der Waals surface area contributed by atoms with Crippen LogP contribution in [0, 0.1) is 11.7 Å². The third-order valence-electron chi connectivity index (χ3n) is 6.15. The third-order valence-corrected chi connectivity index (χ3v) is 7.26. The van der Waals surface area contributed by atoms with Crippen LogP contribution < -0.4 is 10.1 Å². The number of nitrogens with zero attached hydrogens (tertiary/aromatic N) is 3. The zero-order valence-corrected chi connectivity index (χ0v) is 21.6. The molecule has 1 saturated carbocycles. The van der Waals surface area contributed by atoms with Gasteiger partial charge in [-0.1, -0.05) is 0 Å². The number of ether oxygens (including phenoxy) is 2. The van der Waals surface area contributed by atoms with Gasteiger partial charge in [0.1, 0.15) is 17.6 Å². The van der Waals surface area contributed by atoms with Crippen molar-refractivity contribution in [1.29, 1.82) is 0 Å². The first-order chi connectivity index (χ1) is 16.9. The third kappa shape index (κ3) is 6.13. The highest BCUT2D eigenvalue weighted by molar-refractivity contribution is 7.90. The van der Waals surface area contributed by atoms with E-state index in [1.165, 1.54) is 18.5 Å². The largest absolute Gasteiger partial charge is 0.444 e. The summed E-state index contributed by atoms with van der Waals surface area (Å²) in [4.78, 5) is 20.4. The number of carbonyl (C=O) groups excluding carboxylic acids is 1. The molecule has 1 amide bonds. The summed E-state index contributed by atoms with van der Waals surface area (Å²) in [7, 11) is -3.53. The molecule has 1 aromatic carbocycles. The number of fused-ring (bicyclic) bond motifs is 1. The van der Waals surface area contributed by atoms with Gasteiger partial charge in [-0.15, -0.1) is 0 Å². The van der Waals surface area contributed by atoms with Gasteiger partial charge in [0.05, 0.1) is 10.3 Å². The van der Waals surface area contributed by atoms with E-state index in [-0.39, 0.29) is 22.6 Å². The van der Waals surface area contributed by atoms with E-state index in [2.05, 4.69) is 19.9 Å². The van der Waals surface area contributed by atoms with E-state index in [9.17, 15) is 17.6 Å². The molecule has 0 spiro atoms. The molecule has 11 heteroatoms. The maximum absolute atomic E-state index is 14.5. The topological polar surface area (TPSA) is 112 Å². The number of rotatable bonds is 6. The summed E-state index contributed by atoms with van der Waals surface area (Å²) in [5.74, 6) is -0.336. The fourth-order valence-corrected chi connectivity index (χ4v) is 5.02. The lowest BCUT2D eigenvalue weighted by Crippen LogP contribution is -2.36. The van der Waals surface area contributed by atoms with Crippen LogP contribution in [0.25, 0.3) is 11.0 Å². The first kappa shape index (κ1) is 25.9. The molecule has 0 bridgehead atoms. The number of sulfone groups is 1. The van der Waals surface area contributed by atoms with Crippen LogP contribution in [-0.2, 0) is 14.6 Å². The van der Waals surface area contributed by atoms with Crippen molar-refractivity contribution >= 4 is 27.0 Å². The number of benzene rings is 1. The second kappa shape index (κ2) is 10.0. The molecule has 9 nitrogen and oxygen atoms in total. The fraction of sp³-hybridized carbons (Fsp3) is 0.480. The highest BCUT2D eigenvalue weighted by Gasteiger charge is 2.25. The molecule has 0 aliphatic heterocycles. The Morgan fingerprint density at radius 3 is 2.53 bits per heavy atom. The number of carbonyl (C=O) groups is 1. The summed E-state index contributed by atoms with van der Waals surface area (Å²) >= 11 is 0. The smallest absolute Gasteiger partial charge is 0.407 e. The predicted molar refractivity (Wildman–Crippen MR) is 132 cm³/mol. The van der Waals surface area contributed by atoms with Crippen LogP contribution in [0.5, 0.6) is 11.6 Å². The van der Waals surface area contributed by atoms with Crippen LogP contribution in [-0.4, -0.2) is 47.4 Å². The Balaban J connectivity index is 1.42. The van der Waals surface area contributed by atoms with Crippen LogP contribution in [0.4, 0.5) is 9.18 Å². The lowest BCUT2D eigenvalue weighted by molar-refractivity contribution is 0.0513. The fourth-order valence-electron chi connectivity index (χ4n) is 4.39. The molecule has 1 aliphatic carbocycles. The van der Waals surface area contributed by atoms with E-state index in [4.69, 9.17) is 9.47 Å². The van der Waals surface area contributed by atoms with Gasteiger partial charge in [0, 0.05) is 25.0 Å². The molecule has 36 heavy (non-hydrogen) atoms. The van der Waals surface area contributed by atoms with Gasteiger partial charge in [0.15, 0.2) is 21.4 Å². The Morgan fingerprint density at radius 2 is 1.89 bits per heavy atom. The van der Waals surface area contributed by atoms with Crippen LogP contribution in [0.2, 0.25) is 0 Å². The highest BCUT2D eigenvalue weighted by Crippen LogP contribution is 2.36. The van der Waals surface area contributed by atoms with E-state index in [1.807, 2.05) is 33.0 Å². The number of alkyl carbamates (subject to hydrolysis) is 1. The van der Waals surface area contributed by atoms with E-state index in [1.54, 1.807) is 0 Å². The first-order valence-corrected chi connectivity index (χ1v) is 13.8. The summed E-state index contributed by atoms with van der Waals surface area (Å²) in [5, 5.41) is 3.50. The Labute approximate surface area is 209 Å². The lowest BCUT2D eigenvalue weighted by Gasteiger charge is -2.30. The van der Waals surface area contributed by atoms with Crippen molar-refractivity contribution in [1.82, 2.24) is 19.9 Å². The number of nitrogens with one attached hydrogen (secondary N) is 1. The number of halogens is 1. The monoisotopic (exact) mass is 518 g/mol. The average Bonchev–Trinajstić information content (AvgIpc) is 3.23. The molecule has 0 saturated heterocycles. The van der Waals surface area contributed by atoms with Crippen molar-refractivity contribution in [3.05, 3.63) is 42.6 Å². The van der Waals surface area contributed by atoms with E-state index in [0.717, 1.165) is 38.0 Å². The Bertz CT molecular complexity index is 1360. The van der Waals surface area contributed by atoms with Crippen molar-refractivity contribution < 1.29 is 27.1 Å². The minimum atomic E-state index is -3.53. The average molecular weight is 519 g/mol. The van der Waals surface area contributed by atoms with Crippen LogP contribution in [0.1, 0.15) is 52.5 Å². The first-order valence-electron chi connectivity index (χ1n) is 11.9. The summed E-state index contributed by atoms with van der Waals surface area (Å²) in [5.41, 5.74) is 0.163. The molecule has 3 aromatic rings. The second-order valence-electron chi connectivity index (χ2n) is 10.2. The molecule has 0 unspecified atom stereocenters. The molecule has 0 atom stereocenters. The number of hydrogen-bond donors (Lipinski definition) is 1. The van der Waals surface area contributed by atoms with Gasteiger partial charge >= 0.3 is 6.09 Å². The molecule has 4 rings (SSSR count). The van der Waals surface area contributed by atoms with Crippen LogP contribution in [0.3, 0.4) is 0 Å². The maximum Gasteiger partial charge on any atom is 0.407 e. The Kier molecular flexibility index (Phi) is 7.21. The van der Waals surface area contributed by atoms with Gasteiger partial charge in [0.25, 0.3) is 0 Å². The van der Waals surface area contributed by atoms with Crippen molar-refractivity contribution in [2.45, 2.75) is 63.0 Å². The normalized spacial score (nSPS) is 18.7. The summed E-state index contributed by atoms with van der Waals surface area (Å²) in [6.07, 6.45) is 7.67. The van der Waals surface area contributed by atoms with Gasteiger partial charge in [-0.2, -0.15) is 0 Å². The molecule has 194 valence electrons. The number of amides is 1. The quantitative estimate of drug-likeness (QED) is 0.487. The summed E-state index contributed by atoms with van der Waals surface area (Å²) in [6.45, 7) is 6.09. The predicted octanol–water partition coefficient (Wildman–Crippen LogP) is 5.02. The lowest BCUT2D eigenvalue weighted by atomic mass is 9.86. The minimum absolute atomic E-state index is 0.117. The van der Waals surface area contributed by atoms with Crippen LogP contribution >= 0.6 is 0 Å². The van der Waals surface area contributed by atoms with Gasteiger partial charge < -0.3 is 19.4 Å². The van der Waals surface area contributed by atoms with E-state index >= 15 is 0 Å². The van der Waals surface area contributed by atoms with Gasteiger partial charge in [-0.25, -0.2) is 27.6 Å². The minimum Gasteiger partial charge on any atom is -0.444 e. The Morgan fingerprint density at radius 1 is 1.17 bits per heavy atom. The summed E-state index contributed by atoms with van der Waals surface area (Å²) in [6, 6.07) is 5.58. The molecular weight excluding hydrogens is 487 g/mol. The van der Waals surface area contributed by atoms with Gasteiger partial charge in [0.2, 0.25) is 5.88 Å². The number of hydrogen-bond acceptors (Lipinski definition) is 7. The van der Waals surface area contributed by atoms with Gasteiger partial charge in [-0.05, 0) is 76.6 Å². The van der Waals surface area contributed by atoms with Crippen molar-refractivity contribution in [2.75, 3.05) is 12.8 Å². The van der Waals surface area contributed by atoms with Crippen molar-refractivity contribution in [2.24, 2.45) is 5.92 Å². The molecule has 1 N–H and O–H groups in total. The van der Waals surface area contributed by atoms with Crippen molar-refractivity contribution in [3.63, 3.8) is 0 Å². The SMILES string of the molecule is CC(C)(C)OC(=O)NCC1CCC(n2ccc3c(Oc4ccc(S(C)(=O)=O)cc4F)ncnc32)CC1. The zero-order chi connectivity index (χ0) is 26.1. The molecule has 2 heterocycles. The summed E-state index contributed by atoms with van der Waals surface area (Å²) < 4.78 is 51.0. The van der Waals surface area contributed by atoms with E-state index < -0.39 is 27.3 Å². The van der Waals surface area contributed by atoms with Gasteiger partial charge in [-0.3, -0.25) is 0 Å². The highest BCUT2D eigenvalue weighted by atomic mass is 32.2. The second-order valence-corrected chi connectivity index (χ2v) is 12.2. The zero-order valence-electron chi connectivity index (χ0n) is 20.8. The molecule has 1 aliphatic rings. The maximum atomic E-state index is 14.5. The van der Waals surface area contributed by atoms with E-state index in [0.29, 0.717) is 23.5 Å². The van der Waals surface area contributed by atoms with Crippen LogP contribution in [0.15, 0.2) is 41.7 Å².